The summed E-state index contributed by atoms with van der Waals surface area (Å²) in [5, 5.41) is 12.1. The first kappa shape index (κ1) is 15.4. The Morgan fingerprint density at radius 1 is 1.33 bits per heavy atom. The lowest BCUT2D eigenvalue weighted by molar-refractivity contribution is -0.117. The number of phenols is 1. The number of hydrogen-bond donors (Lipinski definition) is 2. The lowest BCUT2D eigenvalue weighted by atomic mass is 9.91. The van der Waals surface area contributed by atoms with Crippen molar-refractivity contribution >= 4 is 46.4 Å². The Morgan fingerprint density at radius 3 is 2.50 bits per heavy atom. The van der Waals surface area contributed by atoms with Gasteiger partial charge >= 0.3 is 0 Å². The molecule has 2 N–H and O–H groups in total. The second-order valence-electron chi connectivity index (χ2n) is 4.78. The van der Waals surface area contributed by atoms with Crippen molar-refractivity contribution in [2.45, 2.75) is 20.3 Å². The maximum atomic E-state index is 11.8. The lowest BCUT2D eigenvalue weighted by Crippen LogP contribution is -2.23. The number of amides is 1. The number of aromatic hydroxyl groups is 1. The summed E-state index contributed by atoms with van der Waals surface area (Å²) in [7, 11) is 0. The van der Waals surface area contributed by atoms with Crippen LogP contribution in [0.5, 0.6) is 5.75 Å². The molecule has 3 nitrogen and oxygen atoms in total. The normalized spacial score (nSPS) is 11.4. The summed E-state index contributed by atoms with van der Waals surface area (Å²) in [6.45, 7) is 3.79. The minimum Gasteiger partial charge on any atom is -0.506 e. The molecule has 0 spiro atoms. The summed E-state index contributed by atoms with van der Waals surface area (Å²) >= 11 is 17.4. The van der Waals surface area contributed by atoms with E-state index in [1.54, 1.807) is 0 Å². The van der Waals surface area contributed by atoms with Gasteiger partial charge < -0.3 is 10.4 Å². The predicted octanol–water partition coefficient (Wildman–Crippen LogP) is 4.29. The molecule has 0 atom stereocenters. The van der Waals surface area contributed by atoms with Gasteiger partial charge in [-0.05, 0) is 17.5 Å². The van der Waals surface area contributed by atoms with Gasteiger partial charge in [0.05, 0.1) is 10.7 Å². The summed E-state index contributed by atoms with van der Waals surface area (Å²) in [5.74, 6) is 0.0508. The fraction of sp³-hybridized carbons (Fsp3) is 0.417. The maximum absolute atomic E-state index is 11.8. The second kappa shape index (κ2) is 6.00. The van der Waals surface area contributed by atoms with Crippen LogP contribution in [0.2, 0.25) is 10.0 Å². The van der Waals surface area contributed by atoms with Gasteiger partial charge in [0.1, 0.15) is 10.8 Å². The standard InChI is InChI=1S/C12H14Cl3NO2/c1-12(2,6-13)5-9(18)16-7-3-4-8(17)11(15)10(7)14/h3-4,17H,5-6H2,1-2H3,(H,16,18). The lowest BCUT2D eigenvalue weighted by Gasteiger charge is -2.20. The Balaban J connectivity index is 2.80. The first-order chi connectivity index (χ1) is 8.26. The van der Waals surface area contributed by atoms with Gasteiger partial charge in [-0.1, -0.05) is 37.0 Å². The van der Waals surface area contributed by atoms with Crippen LogP contribution in [0.4, 0.5) is 5.69 Å². The number of carbonyl (C=O) groups excluding carboxylic acids is 1. The van der Waals surface area contributed by atoms with E-state index in [9.17, 15) is 9.90 Å². The van der Waals surface area contributed by atoms with E-state index in [-0.39, 0.29) is 33.5 Å². The average molecular weight is 311 g/mol. The Morgan fingerprint density at radius 2 is 1.94 bits per heavy atom. The summed E-state index contributed by atoms with van der Waals surface area (Å²) in [6.07, 6.45) is 0.269. The number of rotatable bonds is 4. The SMILES string of the molecule is CC(C)(CCl)CC(=O)Nc1ccc(O)c(Cl)c1Cl. The van der Waals surface area contributed by atoms with E-state index >= 15 is 0 Å². The molecule has 0 aliphatic heterocycles. The molecule has 1 aromatic carbocycles. The monoisotopic (exact) mass is 309 g/mol. The number of hydrogen-bond acceptors (Lipinski definition) is 2. The van der Waals surface area contributed by atoms with Crippen LogP contribution >= 0.6 is 34.8 Å². The van der Waals surface area contributed by atoms with Crippen LogP contribution in [0.15, 0.2) is 12.1 Å². The molecule has 6 heteroatoms. The molecule has 0 aliphatic rings. The van der Waals surface area contributed by atoms with Crippen molar-refractivity contribution in [2.75, 3.05) is 11.2 Å². The van der Waals surface area contributed by atoms with Gasteiger partial charge in [-0.3, -0.25) is 4.79 Å². The molecule has 18 heavy (non-hydrogen) atoms. The van der Waals surface area contributed by atoms with Crippen LogP contribution in [0.25, 0.3) is 0 Å². The first-order valence-corrected chi connectivity index (χ1v) is 6.58. The second-order valence-corrected chi connectivity index (χ2v) is 5.81. The van der Waals surface area contributed by atoms with Crippen molar-refractivity contribution in [3.05, 3.63) is 22.2 Å². The van der Waals surface area contributed by atoms with Crippen LogP contribution in [0.3, 0.4) is 0 Å². The third kappa shape index (κ3) is 3.94. The molecular weight excluding hydrogens is 296 g/mol. The molecule has 1 aromatic rings. The Hall–Kier alpha value is -0.640. The number of halogens is 3. The highest BCUT2D eigenvalue weighted by molar-refractivity contribution is 6.44. The van der Waals surface area contributed by atoms with E-state index in [0.29, 0.717) is 11.6 Å². The van der Waals surface area contributed by atoms with Crippen LogP contribution < -0.4 is 5.32 Å². The third-order valence-electron chi connectivity index (χ3n) is 2.34. The molecule has 100 valence electrons. The van der Waals surface area contributed by atoms with Crippen molar-refractivity contribution in [3.63, 3.8) is 0 Å². The molecular formula is C12H14Cl3NO2. The number of anilines is 1. The minimum atomic E-state index is -0.293. The van der Waals surface area contributed by atoms with Crippen LogP contribution in [-0.4, -0.2) is 16.9 Å². The topological polar surface area (TPSA) is 49.3 Å². The quantitative estimate of drug-likeness (QED) is 0.643. The zero-order chi connectivity index (χ0) is 13.9. The Bertz CT molecular complexity index is 461. The fourth-order valence-corrected chi connectivity index (χ4v) is 1.78. The van der Waals surface area contributed by atoms with Crippen LogP contribution in [-0.2, 0) is 4.79 Å². The number of alkyl halides is 1. The maximum Gasteiger partial charge on any atom is 0.224 e. The zero-order valence-corrected chi connectivity index (χ0v) is 12.3. The molecule has 0 saturated heterocycles. The summed E-state index contributed by atoms with van der Waals surface area (Å²) < 4.78 is 0. The molecule has 0 aliphatic carbocycles. The number of carbonyl (C=O) groups is 1. The summed E-state index contributed by atoms with van der Waals surface area (Å²) in [6, 6.07) is 2.87. The first-order valence-electron chi connectivity index (χ1n) is 5.29. The molecule has 1 amide bonds. The molecule has 0 bridgehead atoms. The van der Waals surface area contributed by atoms with Crippen molar-refractivity contribution in [2.24, 2.45) is 5.41 Å². The number of benzene rings is 1. The van der Waals surface area contributed by atoms with Crippen molar-refractivity contribution in [1.29, 1.82) is 0 Å². The van der Waals surface area contributed by atoms with E-state index in [4.69, 9.17) is 34.8 Å². The summed E-state index contributed by atoms with van der Waals surface area (Å²) in [4.78, 5) is 11.8. The Kier molecular flexibility index (Phi) is 5.14. The van der Waals surface area contributed by atoms with Crippen LogP contribution in [0.1, 0.15) is 20.3 Å². The summed E-state index contributed by atoms with van der Waals surface area (Å²) in [5.41, 5.74) is 0.0774. The van der Waals surface area contributed by atoms with Gasteiger partial charge in [-0.2, -0.15) is 0 Å². The zero-order valence-electron chi connectivity index (χ0n) is 10.1. The largest absolute Gasteiger partial charge is 0.506 e. The predicted molar refractivity (Wildman–Crippen MR) is 75.9 cm³/mol. The molecule has 0 fully saturated rings. The van der Waals surface area contributed by atoms with Gasteiger partial charge in [-0.15, -0.1) is 11.6 Å². The Labute approximate surface area is 121 Å². The number of phenolic OH excluding ortho intramolecular Hbond substituents is 1. The highest BCUT2D eigenvalue weighted by Crippen LogP contribution is 2.37. The molecule has 0 unspecified atom stereocenters. The smallest absolute Gasteiger partial charge is 0.224 e. The van der Waals surface area contributed by atoms with E-state index < -0.39 is 0 Å². The highest BCUT2D eigenvalue weighted by Gasteiger charge is 2.21. The van der Waals surface area contributed by atoms with Crippen molar-refractivity contribution in [1.82, 2.24) is 0 Å². The highest BCUT2D eigenvalue weighted by atomic mass is 35.5. The van der Waals surface area contributed by atoms with Crippen LogP contribution in [0, 0.1) is 5.41 Å². The van der Waals surface area contributed by atoms with E-state index in [2.05, 4.69) is 5.32 Å². The molecule has 1 rings (SSSR count). The van der Waals surface area contributed by atoms with E-state index in [0.717, 1.165) is 0 Å². The molecule has 0 heterocycles. The fourth-order valence-electron chi connectivity index (χ4n) is 1.31. The number of nitrogens with one attached hydrogen (secondary N) is 1. The van der Waals surface area contributed by atoms with Crippen molar-refractivity contribution in [3.8, 4) is 5.75 Å². The van der Waals surface area contributed by atoms with Gasteiger partial charge in [0.2, 0.25) is 5.91 Å². The molecule has 0 saturated carbocycles. The van der Waals surface area contributed by atoms with Gasteiger partial charge in [0.15, 0.2) is 0 Å². The molecule has 0 radical (unpaired) electrons. The van der Waals surface area contributed by atoms with Gasteiger partial charge in [0, 0.05) is 12.3 Å². The van der Waals surface area contributed by atoms with Gasteiger partial charge in [-0.25, -0.2) is 0 Å². The van der Waals surface area contributed by atoms with Crippen molar-refractivity contribution < 1.29 is 9.90 Å². The molecule has 0 aromatic heterocycles. The average Bonchev–Trinajstić information content (AvgIpc) is 2.29. The van der Waals surface area contributed by atoms with E-state index in [1.165, 1.54) is 12.1 Å². The third-order valence-corrected chi connectivity index (χ3v) is 3.93. The van der Waals surface area contributed by atoms with E-state index in [1.807, 2.05) is 13.8 Å². The minimum absolute atomic E-state index is 0.0195. The van der Waals surface area contributed by atoms with Gasteiger partial charge in [0.25, 0.3) is 0 Å².